The molecule has 30 heavy (non-hydrogen) atoms. The minimum atomic E-state index is -0.508. The molecule has 2 aromatic heterocycles. The summed E-state index contributed by atoms with van der Waals surface area (Å²) in [6.07, 6.45) is 0. The van der Waals surface area contributed by atoms with E-state index in [1.165, 1.54) is 0 Å². The number of carbonyl (C=O) groups is 1. The number of aryl methyl sites for hydroxylation is 1. The Morgan fingerprint density at radius 1 is 1.10 bits per heavy atom. The second kappa shape index (κ2) is 8.69. The molecule has 152 valence electrons. The van der Waals surface area contributed by atoms with Crippen molar-refractivity contribution in [1.82, 2.24) is 9.97 Å². The van der Waals surface area contributed by atoms with Crippen LogP contribution in [0.2, 0.25) is 5.02 Å². The average molecular weight is 441 g/mol. The maximum Gasteiger partial charge on any atom is 0.348 e. The molecule has 4 rings (SSSR count). The van der Waals surface area contributed by atoms with E-state index in [1.54, 1.807) is 25.1 Å². The van der Waals surface area contributed by atoms with Crippen LogP contribution in [-0.2, 0) is 4.74 Å². The van der Waals surface area contributed by atoms with E-state index in [9.17, 15) is 9.59 Å². The monoisotopic (exact) mass is 440 g/mol. The molecule has 0 radical (unpaired) electrons. The molecule has 4 aromatic rings. The number of halogens is 1. The number of para-hydroxylation sites is 1. The van der Waals surface area contributed by atoms with E-state index in [0.29, 0.717) is 42.8 Å². The molecule has 0 spiro atoms. The van der Waals surface area contributed by atoms with Crippen LogP contribution in [0.15, 0.2) is 59.4 Å². The second-order valence-corrected chi connectivity index (χ2v) is 7.83. The van der Waals surface area contributed by atoms with Crippen molar-refractivity contribution in [2.75, 3.05) is 13.2 Å². The smallest absolute Gasteiger partial charge is 0.348 e. The number of hydrogen-bond acceptors (Lipinski definition) is 6. The van der Waals surface area contributed by atoms with Crippen LogP contribution in [0.5, 0.6) is 5.75 Å². The number of nitrogens with one attached hydrogen (secondary N) is 1. The molecule has 8 heteroatoms. The fourth-order valence-electron chi connectivity index (χ4n) is 3.00. The molecule has 0 saturated carbocycles. The summed E-state index contributed by atoms with van der Waals surface area (Å²) < 4.78 is 10.8. The highest BCUT2D eigenvalue weighted by Crippen LogP contribution is 2.30. The Kier molecular flexibility index (Phi) is 5.83. The quantitative estimate of drug-likeness (QED) is 0.342. The number of nitrogens with zero attached hydrogens (tertiary/aromatic N) is 1. The Balaban J connectivity index is 1.54. The minimum absolute atomic E-state index is 0.0933. The third-order valence-corrected chi connectivity index (χ3v) is 5.94. The maximum absolute atomic E-state index is 12.7. The van der Waals surface area contributed by atoms with E-state index in [0.717, 1.165) is 11.3 Å². The van der Waals surface area contributed by atoms with Crippen LogP contribution in [0.4, 0.5) is 0 Å². The summed E-state index contributed by atoms with van der Waals surface area (Å²) in [6.45, 7) is 2.03. The Morgan fingerprint density at radius 2 is 1.83 bits per heavy atom. The van der Waals surface area contributed by atoms with Crippen molar-refractivity contribution in [1.29, 1.82) is 0 Å². The molecule has 0 aliphatic heterocycles. The van der Waals surface area contributed by atoms with Crippen molar-refractivity contribution in [3.63, 3.8) is 0 Å². The van der Waals surface area contributed by atoms with E-state index in [-0.39, 0.29) is 18.8 Å². The predicted octanol–water partition coefficient (Wildman–Crippen LogP) is 4.85. The number of benzene rings is 2. The number of fused-ring (bicyclic) bond motifs is 1. The summed E-state index contributed by atoms with van der Waals surface area (Å²) in [7, 11) is 0. The van der Waals surface area contributed by atoms with E-state index in [1.807, 2.05) is 36.4 Å². The van der Waals surface area contributed by atoms with E-state index >= 15 is 0 Å². The lowest BCUT2D eigenvalue weighted by Gasteiger charge is -2.06. The average Bonchev–Trinajstić information content (AvgIpc) is 3.09. The summed E-state index contributed by atoms with van der Waals surface area (Å²) in [5, 5.41) is 0.856. The number of aromatic amines is 1. The number of H-pyrrole nitrogens is 1. The summed E-state index contributed by atoms with van der Waals surface area (Å²) in [5.74, 6) is 0.552. The van der Waals surface area contributed by atoms with E-state index in [2.05, 4.69) is 9.97 Å². The first kappa shape index (κ1) is 20.1. The van der Waals surface area contributed by atoms with Gasteiger partial charge in [-0.25, -0.2) is 9.78 Å². The number of esters is 1. The van der Waals surface area contributed by atoms with Gasteiger partial charge >= 0.3 is 5.97 Å². The maximum atomic E-state index is 12.7. The van der Waals surface area contributed by atoms with Crippen LogP contribution in [0.25, 0.3) is 21.6 Å². The van der Waals surface area contributed by atoms with Crippen molar-refractivity contribution < 1.29 is 14.3 Å². The van der Waals surface area contributed by atoms with Crippen molar-refractivity contribution >= 4 is 39.1 Å². The number of hydrogen-bond donors (Lipinski definition) is 1. The first-order valence-electron chi connectivity index (χ1n) is 9.18. The first-order valence-corrected chi connectivity index (χ1v) is 10.4. The highest BCUT2D eigenvalue weighted by Gasteiger charge is 2.21. The lowest BCUT2D eigenvalue weighted by molar-refractivity contribution is 0.0455. The van der Waals surface area contributed by atoms with Gasteiger partial charge in [-0.1, -0.05) is 41.9 Å². The molecule has 0 aliphatic carbocycles. The summed E-state index contributed by atoms with van der Waals surface area (Å²) in [5.41, 5.74) is 0.838. The molecule has 0 saturated heterocycles. The van der Waals surface area contributed by atoms with Gasteiger partial charge in [-0.15, -0.1) is 11.3 Å². The SMILES string of the molecule is Cc1c(C(=O)OCCOc2ccccc2)sc2nc(-c3ccccc3Cl)[nH]c(=O)c12. The zero-order chi connectivity index (χ0) is 21.1. The third-order valence-electron chi connectivity index (χ3n) is 4.44. The lowest BCUT2D eigenvalue weighted by Crippen LogP contribution is -2.13. The number of thiophene rings is 1. The van der Waals surface area contributed by atoms with Crippen LogP contribution < -0.4 is 10.3 Å². The Hall–Kier alpha value is -3.16. The molecular formula is C22H17ClN2O4S. The second-order valence-electron chi connectivity index (χ2n) is 6.43. The van der Waals surface area contributed by atoms with Gasteiger partial charge in [0.2, 0.25) is 0 Å². The molecule has 6 nitrogen and oxygen atoms in total. The minimum Gasteiger partial charge on any atom is -0.490 e. The van der Waals surface area contributed by atoms with Crippen LogP contribution in [0.1, 0.15) is 15.2 Å². The molecule has 0 aliphatic rings. The van der Waals surface area contributed by atoms with Gasteiger partial charge in [0, 0.05) is 5.56 Å². The summed E-state index contributed by atoms with van der Waals surface area (Å²) in [4.78, 5) is 33.3. The standard InChI is InChI=1S/C22H17ClN2O4S/c1-13-17-20(26)24-19(15-9-5-6-10-16(15)23)25-21(17)30-18(13)22(27)29-12-11-28-14-7-3-2-4-8-14/h2-10H,11-12H2,1H3,(H,24,25,26). The predicted molar refractivity (Wildman–Crippen MR) is 118 cm³/mol. The number of ether oxygens (including phenoxy) is 2. The lowest BCUT2D eigenvalue weighted by atomic mass is 10.2. The van der Waals surface area contributed by atoms with Crippen molar-refractivity contribution in [3.05, 3.63) is 80.4 Å². The molecule has 0 unspecified atom stereocenters. The fraction of sp³-hybridized carbons (Fsp3) is 0.136. The third kappa shape index (κ3) is 4.08. The van der Waals surface area contributed by atoms with Crippen molar-refractivity contribution in [2.45, 2.75) is 6.92 Å². The van der Waals surface area contributed by atoms with Crippen LogP contribution in [-0.4, -0.2) is 29.2 Å². The Labute approximate surface area is 181 Å². The van der Waals surface area contributed by atoms with Gasteiger partial charge in [-0.2, -0.15) is 0 Å². The normalized spacial score (nSPS) is 10.9. The van der Waals surface area contributed by atoms with E-state index < -0.39 is 5.97 Å². The molecular weight excluding hydrogens is 424 g/mol. The molecule has 2 heterocycles. The van der Waals surface area contributed by atoms with Crippen LogP contribution in [0.3, 0.4) is 0 Å². The van der Waals surface area contributed by atoms with E-state index in [4.69, 9.17) is 21.1 Å². The zero-order valence-corrected chi connectivity index (χ0v) is 17.5. The van der Waals surface area contributed by atoms with Gasteiger partial charge in [0.1, 0.15) is 34.5 Å². The highest BCUT2D eigenvalue weighted by atomic mass is 35.5. The van der Waals surface area contributed by atoms with Crippen molar-refractivity contribution in [3.8, 4) is 17.1 Å². The van der Waals surface area contributed by atoms with Gasteiger partial charge in [-0.3, -0.25) is 4.79 Å². The van der Waals surface area contributed by atoms with Gasteiger partial charge < -0.3 is 14.5 Å². The molecule has 0 fully saturated rings. The van der Waals surface area contributed by atoms with Crippen LogP contribution in [0, 0.1) is 6.92 Å². The summed E-state index contributed by atoms with van der Waals surface area (Å²) >= 11 is 7.35. The highest BCUT2D eigenvalue weighted by molar-refractivity contribution is 7.20. The van der Waals surface area contributed by atoms with Gasteiger partial charge in [0.25, 0.3) is 5.56 Å². The van der Waals surface area contributed by atoms with Gasteiger partial charge in [0.15, 0.2) is 0 Å². The molecule has 0 atom stereocenters. The Morgan fingerprint density at radius 3 is 2.60 bits per heavy atom. The zero-order valence-electron chi connectivity index (χ0n) is 16.0. The topological polar surface area (TPSA) is 81.3 Å². The molecule has 2 aromatic carbocycles. The molecule has 0 bridgehead atoms. The van der Waals surface area contributed by atoms with Gasteiger partial charge in [0.05, 0.1) is 10.4 Å². The van der Waals surface area contributed by atoms with Crippen LogP contribution >= 0.6 is 22.9 Å². The number of carbonyl (C=O) groups excluding carboxylic acids is 1. The first-order chi connectivity index (χ1) is 14.5. The fourth-order valence-corrected chi connectivity index (χ4v) is 4.30. The Bertz CT molecular complexity index is 1270. The number of rotatable bonds is 6. The largest absolute Gasteiger partial charge is 0.490 e. The summed E-state index contributed by atoms with van der Waals surface area (Å²) in [6, 6.07) is 16.4. The number of aromatic nitrogens is 2. The molecule has 1 N–H and O–H groups in total. The van der Waals surface area contributed by atoms with Gasteiger partial charge in [-0.05, 0) is 36.8 Å². The van der Waals surface area contributed by atoms with Crippen molar-refractivity contribution in [2.24, 2.45) is 0 Å². The molecule has 0 amide bonds.